The minimum atomic E-state index is 0.118. The first-order chi connectivity index (χ1) is 14.1. The molecule has 1 saturated heterocycles. The van der Waals surface area contributed by atoms with Gasteiger partial charge in [0.2, 0.25) is 0 Å². The third-order valence-electron chi connectivity index (χ3n) is 5.76. The number of hydrogen-bond donors (Lipinski definition) is 0. The standard InChI is InChI=1S/C22H27N5O2/c1-26-15-23-14-21(26)17-3-4-20-18(11-17)12-19(24-25-20)13-22(28)16-5-7-27(8-6-16)9-10-29-2/h3-4,11-12,14-16H,5-10,13H2,1-2H3. The van der Waals surface area contributed by atoms with Gasteiger partial charge in [-0.1, -0.05) is 6.07 Å². The van der Waals surface area contributed by atoms with Crippen molar-refractivity contribution in [3.05, 3.63) is 42.5 Å². The summed E-state index contributed by atoms with van der Waals surface area (Å²) >= 11 is 0. The molecule has 29 heavy (non-hydrogen) atoms. The second kappa shape index (κ2) is 8.80. The maximum Gasteiger partial charge on any atom is 0.142 e. The molecule has 0 spiro atoms. The predicted octanol–water partition coefficient (Wildman–Crippen LogP) is 2.50. The number of ether oxygens (including phenoxy) is 1. The first-order valence-electron chi connectivity index (χ1n) is 10.1. The van der Waals surface area contributed by atoms with Crippen LogP contribution in [-0.4, -0.2) is 63.8 Å². The molecular weight excluding hydrogens is 366 g/mol. The van der Waals surface area contributed by atoms with E-state index < -0.39 is 0 Å². The van der Waals surface area contributed by atoms with Gasteiger partial charge in [-0.3, -0.25) is 4.79 Å². The van der Waals surface area contributed by atoms with Crippen molar-refractivity contribution in [1.29, 1.82) is 0 Å². The molecule has 3 aromatic rings. The Morgan fingerprint density at radius 1 is 1.21 bits per heavy atom. The molecule has 0 radical (unpaired) electrons. The highest BCUT2D eigenvalue weighted by atomic mass is 16.5. The monoisotopic (exact) mass is 393 g/mol. The molecule has 7 heteroatoms. The van der Waals surface area contributed by atoms with E-state index >= 15 is 0 Å². The molecular formula is C22H27N5O2. The van der Waals surface area contributed by atoms with E-state index in [9.17, 15) is 4.79 Å². The Hall–Kier alpha value is -2.64. The lowest BCUT2D eigenvalue weighted by Crippen LogP contribution is -2.38. The molecule has 1 aliphatic heterocycles. The summed E-state index contributed by atoms with van der Waals surface area (Å²) in [5, 5.41) is 9.61. The number of imidazole rings is 1. The number of piperidine rings is 1. The number of aryl methyl sites for hydroxylation is 1. The van der Waals surface area contributed by atoms with Crippen molar-refractivity contribution < 1.29 is 9.53 Å². The van der Waals surface area contributed by atoms with Gasteiger partial charge in [0.05, 0.1) is 42.5 Å². The van der Waals surface area contributed by atoms with Crippen LogP contribution in [0.25, 0.3) is 22.2 Å². The van der Waals surface area contributed by atoms with E-state index in [1.807, 2.05) is 36.0 Å². The number of ketones is 1. The molecule has 0 bridgehead atoms. The predicted molar refractivity (Wildman–Crippen MR) is 111 cm³/mol. The van der Waals surface area contributed by atoms with Gasteiger partial charge in [0.1, 0.15) is 5.78 Å². The average molecular weight is 393 g/mol. The van der Waals surface area contributed by atoms with Crippen LogP contribution in [-0.2, 0) is 23.0 Å². The molecule has 0 N–H and O–H groups in total. The summed E-state index contributed by atoms with van der Waals surface area (Å²) in [7, 11) is 3.70. The number of hydrogen-bond acceptors (Lipinski definition) is 6. The number of rotatable bonds is 7. The molecule has 1 fully saturated rings. The third-order valence-corrected chi connectivity index (χ3v) is 5.76. The Morgan fingerprint density at radius 2 is 2.03 bits per heavy atom. The fourth-order valence-corrected chi connectivity index (χ4v) is 3.99. The molecule has 152 valence electrons. The number of carbonyl (C=O) groups is 1. The fourth-order valence-electron chi connectivity index (χ4n) is 3.99. The van der Waals surface area contributed by atoms with Crippen molar-refractivity contribution in [3.8, 4) is 11.3 Å². The minimum absolute atomic E-state index is 0.118. The Kier molecular flexibility index (Phi) is 5.97. The lowest BCUT2D eigenvalue weighted by atomic mass is 9.90. The summed E-state index contributed by atoms with van der Waals surface area (Å²) in [6.45, 7) is 3.59. The highest BCUT2D eigenvalue weighted by Crippen LogP contribution is 2.24. The van der Waals surface area contributed by atoms with Gasteiger partial charge in [0.25, 0.3) is 0 Å². The van der Waals surface area contributed by atoms with Crippen molar-refractivity contribution >= 4 is 16.7 Å². The van der Waals surface area contributed by atoms with Crippen molar-refractivity contribution in [3.63, 3.8) is 0 Å². The van der Waals surface area contributed by atoms with E-state index in [2.05, 4.69) is 26.1 Å². The third kappa shape index (κ3) is 4.52. The van der Waals surface area contributed by atoms with Crippen molar-refractivity contribution in [2.45, 2.75) is 19.3 Å². The zero-order valence-electron chi connectivity index (χ0n) is 17.0. The van der Waals surface area contributed by atoms with Crippen LogP contribution in [0.4, 0.5) is 0 Å². The molecule has 2 aromatic heterocycles. The average Bonchev–Trinajstić information content (AvgIpc) is 3.18. The van der Waals surface area contributed by atoms with Crippen LogP contribution in [0.5, 0.6) is 0 Å². The molecule has 3 heterocycles. The first kappa shape index (κ1) is 19.7. The first-order valence-corrected chi connectivity index (χ1v) is 10.1. The number of nitrogens with zero attached hydrogens (tertiary/aromatic N) is 5. The summed E-state index contributed by atoms with van der Waals surface area (Å²) in [4.78, 5) is 19.4. The van der Waals surface area contributed by atoms with Gasteiger partial charge < -0.3 is 14.2 Å². The SMILES string of the molecule is COCCN1CCC(C(=O)Cc2cc3cc(-c4cncn4C)ccc3nn2)CC1. The Morgan fingerprint density at radius 3 is 2.76 bits per heavy atom. The molecule has 4 rings (SSSR count). The summed E-state index contributed by atoms with van der Waals surface area (Å²) < 4.78 is 7.13. The Balaban J connectivity index is 1.44. The van der Waals surface area contributed by atoms with E-state index in [0.29, 0.717) is 6.42 Å². The number of Topliss-reactive ketones (excluding diaryl/α,β-unsaturated/α-hetero) is 1. The number of methoxy groups -OCH3 is 1. The molecule has 0 atom stereocenters. The molecule has 0 amide bonds. The fraction of sp³-hybridized carbons (Fsp3) is 0.455. The van der Waals surface area contributed by atoms with Gasteiger partial charge in [-0.25, -0.2) is 4.98 Å². The number of likely N-dealkylation sites (tertiary alicyclic amines) is 1. The van der Waals surface area contributed by atoms with Crippen molar-refractivity contribution in [2.24, 2.45) is 13.0 Å². The van der Waals surface area contributed by atoms with Gasteiger partial charge in [-0.15, -0.1) is 0 Å². The van der Waals surface area contributed by atoms with E-state index in [0.717, 1.165) is 66.9 Å². The summed E-state index contributed by atoms with van der Waals surface area (Å²) in [6.07, 6.45) is 5.80. The van der Waals surface area contributed by atoms with Gasteiger partial charge in [-0.2, -0.15) is 10.2 Å². The quantitative estimate of drug-likeness (QED) is 0.614. The van der Waals surface area contributed by atoms with Gasteiger partial charge in [0, 0.05) is 37.6 Å². The van der Waals surface area contributed by atoms with Crippen LogP contribution < -0.4 is 0 Å². The summed E-state index contributed by atoms with van der Waals surface area (Å²) in [6, 6.07) is 8.07. The van der Waals surface area contributed by atoms with Crippen LogP contribution >= 0.6 is 0 Å². The van der Waals surface area contributed by atoms with Crippen LogP contribution in [0.3, 0.4) is 0 Å². The maximum atomic E-state index is 12.8. The topological polar surface area (TPSA) is 73.1 Å². The zero-order valence-corrected chi connectivity index (χ0v) is 17.0. The van der Waals surface area contributed by atoms with Crippen LogP contribution in [0.2, 0.25) is 0 Å². The number of carbonyl (C=O) groups excluding carboxylic acids is 1. The molecule has 1 aliphatic rings. The van der Waals surface area contributed by atoms with Gasteiger partial charge >= 0.3 is 0 Å². The van der Waals surface area contributed by atoms with Crippen LogP contribution in [0.1, 0.15) is 18.5 Å². The van der Waals surface area contributed by atoms with E-state index in [1.54, 1.807) is 13.4 Å². The summed E-state index contributed by atoms with van der Waals surface area (Å²) in [5.41, 5.74) is 3.69. The van der Waals surface area contributed by atoms with E-state index in [-0.39, 0.29) is 11.7 Å². The molecule has 0 saturated carbocycles. The normalized spacial score (nSPS) is 15.8. The number of benzene rings is 1. The Labute approximate surface area is 170 Å². The van der Waals surface area contributed by atoms with E-state index in [1.165, 1.54) is 0 Å². The maximum absolute atomic E-state index is 12.8. The largest absolute Gasteiger partial charge is 0.383 e. The van der Waals surface area contributed by atoms with Gasteiger partial charge in [0.15, 0.2) is 0 Å². The molecule has 0 unspecified atom stereocenters. The van der Waals surface area contributed by atoms with Crippen molar-refractivity contribution in [1.82, 2.24) is 24.6 Å². The zero-order chi connectivity index (χ0) is 20.2. The second-order valence-corrected chi connectivity index (χ2v) is 7.75. The Bertz CT molecular complexity index is 992. The molecule has 1 aromatic carbocycles. The lowest BCUT2D eigenvalue weighted by molar-refractivity contribution is -0.123. The molecule has 0 aliphatic carbocycles. The minimum Gasteiger partial charge on any atom is -0.383 e. The highest BCUT2D eigenvalue weighted by molar-refractivity contribution is 5.86. The molecule has 7 nitrogen and oxygen atoms in total. The highest BCUT2D eigenvalue weighted by Gasteiger charge is 2.25. The van der Waals surface area contributed by atoms with Crippen LogP contribution in [0, 0.1) is 5.92 Å². The summed E-state index contributed by atoms with van der Waals surface area (Å²) in [5.74, 6) is 0.389. The van der Waals surface area contributed by atoms with Crippen LogP contribution in [0.15, 0.2) is 36.8 Å². The lowest BCUT2D eigenvalue weighted by Gasteiger charge is -2.30. The number of aromatic nitrogens is 4. The second-order valence-electron chi connectivity index (χ2n) is 7.75. The van der Waals surface area contributed by atoms with Gasteiger partial charge in [-0.05, 0) is 44.1 Å². The van der Waals surface area contributed by atoms with Crippen molar-refractivity contribution in [2.75, 3.05) is 33.4 Å². The van der Waals surface area contributed by atoms with E-state index in [4.69, 9.17) is 4.74 Å². The number of fused-ring (bicyclic) bond motifs is 1. The smallest absolute Gasteiger partial charge is 0.142 e.